The molecule has 0 spiro atoms. The van der Waals surface area contributed by atoms with Crippen molar-refractivity contribution >= 4 is 15.9 Å². The predicted octanol–water partition coefficient (Wildman–Crippen LogP) is 4.65. The molecular weight excluding hydrogens is 328 g/mol. The topological polar surface area (TPSA) is 29.3 Å². The average molecular weight is 349 g/mol. The van der Waals surface area contributed by atoms with Gasteiger partial charge < -0.3 is 4.52 Å². The molecule has 0 N–H and O–H groups in total. The predicted molar refractivity (Wildman–Crippen MR) is 87.1 cm³/mol. The first-order valence-corrected chi connectivity index (χ1v) is 8.42. The maximum Gasteiger partial charge on any atom is 0.141 e. The molecule has 1 saturated heterocycles. The Morgan fingerprint density at radius 2 is 2.29 bits per heavy atom. The Morgan fingerprint density at radius 3 is 3.05 bits per heavy atom. The van der Waals surface area contributed by atoms with Crippen LogP contribution in [0.3, 0.4) is 0 Å². The second-order valence-electron chi connectivity index (χ2n) is 5.72. The summed E-state index contributed by atoms with van der Waals surface area (Å²) < 4.78 is 6.64. The number of nitrogens with zero attached hydrogens (tertiary/aromatic N) is 2. The molecule has 2 heterocycles. The summed E-state index contributed by atoms with van der Waals surface area (Å²) in [5.41, 5.74) is 3.73. The minimum absolute atomic E-state index is 0.449. The van der Waals surface area contributed by atoms with Crippen molar-refractivity contribution in [1.82, 2.24) is 10.1 Å². The van der Waals surface area contributed by atoms with Crippen molar-refractivity contribution in [2.24, 2.45) is 0 Å². The van der Waals surface area contributed by atoms with Gasteiger partial charge in [-0.1, -0.05) is 40.1 Å². The summed E-state index contributed by atoms with van der Waals surface area (Å²) in [4.78, 5) is 2.56. The van der Waals surface area contributed by atoms with E-state index in [9.17, 15) is 0 Å². The van der Waals surface area contributed by atoms with E-state index < -0.39 is 0 Å². The van der Waals surface area contributed by atoms with E-state index in [2.05, 4.69) is 64.1 Å². The van der Waals surface area contributed by atoms with Gasteiger partial charge in [0, 0.05) is 29.0 Å². The third-order valence-corrected chi connectivity index (χ3v) is 4.77. The van der Waals surface area contributed by atoms with Crippen LogP contribution in [0.25, 0.3) is 0 Å². The zero-order valence-electron chi connectivity index (χ0n) is 12.6. The molecule has 1 atom stereocenters. The van der Waals surface area contributed by atoms with Crippen LogP contribution in [0.5, 0.6) is 0 Å². The maximum absolute atomic E-state index is 5.49. The Labute approximate surface area is 134 Å². The van der Waals surface area contributed by atoms with Crippen molar-refractivity contribution in [3.63, 3.8) is 0 Å². The molecule has 1 aliphatic heterocycles. The normalized spacial score (nSPS) is 19.3. The molecule has 1 fully saturated rings. The lowest BCUT2D eigenvalue weighted by Crippen LogP contribution is -2.23. The van der Waals surface area contributed by atoms with Crippen molar-refractivity contribution in [2.45, 2.75) is 45.7 Å². The highest BCUT2D eigenvalue weighted by molar-refractivity contribution is 9.10. The SMILES string of the molecule is CCc1onc(C)c1[C@@H]1CCCN1Cc1cccc(Br)c1. The van der Waals surface area contributed by atoms with Crippen LogP contribution in [0.4, 0.5) is 0 Å². The van der Waals surface area contributed by atoms with Crippen LogP contribution in [0.2, 0.25) is 0 Å². The summed E-state index contributed by atoms with van der Waals surface area (Å²) in [5, 5.41) is 4.18. The standard InChI is InChI=1S/C17H21BrN2O/c1-3-16-17(12(2)19-21-16)15-8-5-9-20(15)11-13-6-4-7-14(18)10-13/h4,6-7,10,15H,3,5,8-9,11H2,1-2H3/t15-/m0/s1. The lowest BCUT2D eigenvalue weighted by atomic mass is 10.0. The van der Waals surface area contributed by atoms with Crippen molar-refractivity contribution in [3.05, 3.63) is 51.3 Å². The second kappa shape index (κ2) is 6.32. The monoisotopic (exact) mass is 348 g/mol. The van der Waals surface area contributed by atoms with Gasteiger partial charge in [0.15, 0.2) is 0 Å². The first kappa shape index (κ1) is 14.8. The molecule has 0 unspecified atom stereocenters. The zero-order valence-corrected chi connectivity index (χ0v) is 14.2. The molecule has 112 valence electrons. The molecule has 1 aromatic heterocycles. The van der Waals surface area contributed by atoms with Gasteiger partial charge >= 0.3 is 0 Å². The number of aromatic nitrogens is 1. The Morgan fingerprint density at radius 1 is 1.43 bits per heavy atom. The second-order valence-corrected chi connectivity index (χ2v) is 6.63. The Balaban J connectivity index is 1.84. The van der Waals surface area contributed by atoms with Crippen LogP contribution in [-0.4, -0.2) is 16.6 Å². The highest BCUT2D eigenvalue weighted by atomic mass is 79.9. The van der Waals surface area contributed by atoms with Crippen LogP contribution in [0.1, 0.15) is 48.4 Å². The molecule has 21 heavy (non-hydrogen) atoms. The van der Waals surface area contributed by atoms with Gasteiger partial charge in [-0.05, 0) is 44.0 Å². The average Bonchev–Trinajstić information content (AvgIpc) is 3.05. The highest BCUT2D eigenvalue weighted by Crippen LogP contribution is 2.37. The first-order valence-electron chi connectivity index (χ1n) is 7.62. The van der Waals surface area contributed by atoms with Gasteiger partial charge in [-0.2, -0.15) is 0 Å². The third-order valence-electron chi connectivity index (χ3n) is 4.28. The maximum atomic E-state index is 5.49. The van der Waals surface area contributed by atoms with E-state index in [1.54, 1.807) is 0 Å². The molecule has 0 amide bonds. The molecule has 1 aliphatic rings. The van der Waals surface area contributed by atoms with E-state index in [1.807, 2.05) is 0 Å². The van der Waals surface area contributed by atoms with Crippen LogP contribution in [0.15, 0.2) is 33.3 Å². The summed E-state index contributed by atoms with van der Waals surface area (Å²) in [6.45, 7) is 6.33. The van der Waals surface area contributed by atoms with Gasteiger partial charge in [-0.25, -0.2) is 0 Å². The largest absolute Gasteiger partial charge is 0.361 e. The number of aryl methyl sites for hydroxylation is 2. The van der Waals surface area contributed by atoms with Crippen LogP contribution >= 0.6 is 15.9 Å². The number of likely N-dealkylation sites (tertiary alicyclic amines) is 1. The van der Waals surface area contributed by atoms with Crippen LogP contribution in [-0.2, 0) is 13.0 Å². The molecule has 0 saturated carbocycles. The summed E-state index contributed by atoms with van der Waals surface area (Å²) in [5.74, 6) is 1.05. The fraction of sp³-hybridized carbons (Fsp3) is 0.471. The van der Waals surface area contributed by atoms with Gasteiger partial charge in [-0.3, -0.25) is 4.90 Å². The Bertz CT molecular complexity index is 623. The Kier molecular flexibility index (Phi) is 4.45. The van der Waals surface area contributed by atoms with E-state index in [1.165, 1.54) is 24.0 Å². The van der Waals surface area contributed by atoms with E-state index >= 15 is 0 Å². The van der Waals surface area contributed by atoms with E-state index in [0.717, 1.165) is 35.4 Å². The molecule has 0 bridgehead atoms. The van der Waals surface area contributed by atoms with Crippen molar-refractivity contribution in [1.29, 1.82) is 0 Å². The first-order chi connectivity index (χ1) is 10.2. The van der Waals surface area contributed by atoms with E-state index in [0.29, 0.717) is 6.04 Å². The highest BCUT2D eigenvalue weighted by Gasteiger charge is 2.31. The summed E-state index contributed by atoms with van der Waals surface area (Å²) in [6, 6.07) is 9.03. The lowest BCUT2D eigenvalue weighted by molar-refractivity contribution is 0.245. The fourth-order valence-electron chi connectivity index (χ4n) is 3.32. The van der Waals surface area contributed by atoms with Gasteiger partial charge in [0.2, 0.25) is 0 Å². The number of rotatable bonds is 4. The number of hydrogen-bond acceptors (Lipinski definition) is 3. The number of hydrogen-bond donors (Lipinski definition) is 0. The van der Waals surface area contributed by atoms with Gasteiger partial charge in [0.25, 0.3) is 0 Å². The number of halogens is 1. The minimum Gasteiger partial charge on any atom is -0.361 e. The molecule has 2 aromatic rings. The molecule has 3 rings (SSSR count). The molecule has 0 aliphatic carbocycles. The zero-order chi connectivity index (χ0) is 14.8. The molecular formula is C17H21BrN2O. The van der Waals surface area contributed by atoms with Gasteiger partial charge in [0.1, 0.15) is 5.76 Å². The summed E-state index contributed by atoms with van der Waals surface area (Å²) in [7, 11) is 0. The third kappa shape index (κ3) is 3.06. The number of benzene rings is 1. The molecule has 4 heteroatoms. The van der Waals surface area contributed by atoms with Crippen molar-refractivity contribution in [3.8, 4) is 0 Å². The van der Waals surface area contributed by atoms with Gasteiger partial charge in [-0.15, -0.1) is 0 Å². The fourth-order valence-corrected chi connectivity index (χ4v) is 3.76. The van der Waals surface area contributed by atoms with Crippen molar-refractivity contribution in [2.75, 3.05) is 6.54 Å². The summed E-state index contributed by atoms with van der Waals surface area (Å²) >= 11 is 3.56. The van der Waals surface area contributed by atoms with E-state index in [4.69, 9.17) is 4.52 Å². The Hall–Kier alpha value is -1.13. The van der Waals surface area contributed by atoms with Crippen molar-refractivity contribution < 1.29 is 4.52 Å². The quantitative estimate of drug-likeness (QED) is 0.805. The van der Waals surface area contributed by atoms with Crippen LogP contribution < -0.4 is 0 Å². The molecule has 1 aromatic carbocycles. The smallest absolute Gasteiger partial charge is 0.141 e. The van der Waals surface area contributed by atoms with Gasteiger partial charge in [0.05, 0.1) is 5.69 Å². The molecule has 3 nitrogen and oxygen atoms in total. The van der Waals surface area contributed by atoms with Crippen LogP contribution in [0, 0.1) is 6.92 Å². The van der Waals surface area contributed by atoms with E-state index in [-0.39, 0.29) is 0 Å². The lowest BCUT2D eigenvalue weighted by Gasteiger charge is -2.24. The molecule has 0 radical (unpaired) electrons. The summed E-state index contributed by atoms with van der Waals surface area (Å²) in [6.07, 6.45) is 3.35. The minimum atomic E-state index is 0.449.